The summed E-state index contributed by atoms with van der Waals surface area (Å²) in [7, 11) is 3.11. The smallest absolute Gasteiger partial charge is 0.195 e. The maximum atomic E-state index is 12.3. The standard InChI is InChI=1S/C13H15ClO3/c1-16-11-6-5-9(14)7-10(11)12(15)13(17-2)8-3-4-8/h5-8,13H,3-4H2,1-2H3. The van der Waals surface area contributed by atoms with Gasteiger partial charge >= 0.3 is 0 Å². The molecule has 0 bridgehead atoms. The summed E-state index contributed by atoms with van der Waals surface area (Å²) >= 11 is 5.91. The predicted octanol–water partition coefficient (Wildman–Crippen LogP) is 2.96. The molecule has 1 aliphatic rings. The number of ketones is 1. The van der Waals surface area contributed by atoms with Crippen LogP contribution in [-0.2, 0) is 4.74 Å². The fourth-order valence-electron chi connectivity index (χ4n) is 1.94. The van der Waals surface area contributed by atoms with Crippen molar-refractivity contribution in [3.63, 3.8) is 0 Å². The molecule has 0 aromatic heterocycles. The first-order valence-electron chi connectivity index (χ1n) is 5.58. The van der Waals surface area contributed by atoms with Gasteiger partial charge in [0.25, 0.3) is 0 Å². The molecule has 1 unspecified atom stereocenters. The van der Waals surface area contributed by atoms with Crippen LogP contribution in [0.5, 0.6) is 5.75 Å². The third kappa shape index (κ3) is 2.61. The number of carbonyl (C=O) groups excluding carboxylic acids is 1. The molecule has 0 heterocycles. The number of halogens is 1. The van der Waals surface area contributed by atoms with Gasteiger partial charge in [0.2, 0.25) is 0 Å². The summed E-state index contributed by atoms with van der Waals surface area (Å²) < 4.78 is 10.5. The Kier molecular flexibility index (Phi) is 3.69. The lowest BCUT2D eigenvalue weighted by molar-refractivity contribution is 0.0537. The van der Waals surface area contributed by atoms with Crippen molar-refractivity contribution in [3.8, 4) is 5.75 Å². The number of ether oxygens (including phenoxy) is 2. The molecule has 1 saturated carbocycles. The molecule has 0 aliphatic heterocycles. The summed E-state index contributed by atoms with van der Waals surface area (Å²) in [5.74, 6) is 0.840. The van der Waals surface area contributed by atoms with Gasteiger partial charge < -0.3 is 9.47 Å². The molecule has 1 aromatic rings. The Balaban J connectivity index is 2.31. The van der Waals surface area contributed by atoms with Crippen LogP contribution in [0.4, 0.5) is 0 Å². The van der Waals surface area contributed by atoms with Crippen LogP contribution < -0.4 is 4.74 Å². The van der Waals surface area contributed by atoms with Gasteiger partial charge in [-0.05, 0) is 37.0 Å². The van der Waals surface area contributed by atoms with Gasteiger partial charge in [0.15, 0.2) is 5.78 Å². The van der Waals surface area contributed by atoms with E-state index in [2.05, 4.69) is 0 Å². The molecule has 0 N–H and O–H groups in total. The van der Waals surface area contributed by atoms with E-state index in [1.165, 1.54) is 0 Å². The Bertz CT molecular complexity index is 427. The molecule has 1 aromatic carbocycles. The summed E-state index contributed by atoms with van der Waals surface area (Å²) in [5.41, 5.74) is 0.499. The molecule has 1 fully saturated rings. The number of methoxy groups -OCH3 is 2. The zero-order chi connectivity index (χ0) is 12.4. The lowest BCUT2D eigenvalue weighted by atomic mass is 10.0. The summed E-state index contributed by atoms with van der Waals surface area (Å²) in [6.45, 7) is 0. The third-order valence-electron chi connectivity index (χ3n) is 2.99. The van der Waals surface area contributed by atoms with E-state index in [9.17, 15) is 4.79 Å². The van der Waals surface area contributed by atoms with Crippen LogP contribution in [0.15, 0.2) is 18.2 Å². The normalized spacial score (nSPS) is 16.6. The molecule has 1 atom stereocenters. The largest absolute Gasteiger partial charge is 0.496 e. The lowest BCUT2D eigenvalue weighted by Gasteiger charge is -2.15. The van der Waals surface area contributed by atoms with Crippen molar-refractivity contribution in [2.24, 2.45) is 5.92 Å². The summed E-state index contributed by atoms with van der Waals surface area (Å²) in [4.78, 5) is 12.3. The Morgan fingerprint density at radius 2 is 2.12 bits per heavy atom. The van der Waals surface area contributed by atoms with Crippen LogP contribution >= 0.6 is 11.6 Å². The first-order chi connectivity index (χ1) is 8.17. The molecule has 0 amide bonds. The van der Waals surface area contributed by atoms with Crippen LogP contribution in [0.2, 0.25) is 5.02 Å². The highest BCUT2D eigenvalue weighted by Gasteiger charge is 2.37. The monoisotopic (exact) mass is 254 g/mol. The van der Waals surface area contributed by atoms with E-state index >= 15 is 0 Å². The Labute approximate surface area is 106 Å². The molecule has 3 nitrogen and oxygen atoms in total. The third-order valence-corrected chi connectivity index (χ3v) is 3.22. The second-order valence-corrected chi connectivity index (χ2v) is 4.64. The van der Waals surface area contributed by atoms with Crippen molar-refractivity contribution < 1.29 is 14.3 Å². The minimum Gasteiger partial charge on any atom is -0.496 e. The first kappa shape index (κ1) is 12.4. The minimum atomic E-state index is -0.373. The van der Waals surface area contributed by atoms with Crippen LogP contribution in [0.1, 0.15) is 23.2 Å². The molecule has 4 heteroatoms. The second kappa shape index (κ2) is 5.07. The quantitative estimate of drug-likeness (QED) is 0.758. The molecular formula is C13H15ClO3. The van der Waals surface area contributed by atoms with Crippen molar-refractivity contribution in [3.05, 3.63) is 28.8 Å². The van der Waals surface area contributed by atoms with Crippen LogP contribution in [0.3, 0.4) is 0 Å². The highest BCUT2D eigenvalue weighted by molar-refractivity contribution is 6.31. The molecule has 1 aliphatic carbocycles. The molecule has 92 valence electrons. The lowest BCUT2D eigenvalue weighted by Crippen LogP contribution is -2.25. The highest BCUT2D eigenvalue weighted by Crippen LogP contribution is 2.37. The molecule has 2 rings (SSSR count). The van der Waals surface area contributed by atoms with Crippen molar-refractivity contribution >= 4 is 17.4 Å². The van der Waals surface area contributed by atoms with Crippen LogP contribution in [0, 0.1) is 5.92 Å². The maximum absolute atomic E-state index is 12.3. The Hall–Kier alpha value is -1.06. The van der Waals surface area contributed by atoms with E-state index in [4.69, 9.17) is 21.1 Å². The fourth-order valence-corrected chi connectivity index (χ4v) is 2.11. The number of hydrogen-bond donors (Lipinski definition) is 0. The number of hydrogen-bond acceptors (Lipinski definition) is 3. The van der Waals surface area contributed by atoms with E-state index in [1.54, 1.807) is 32.4 Å². The minimum absolute atomic E-state index is 0.0469. The topological polar surface area (TPSA) is 35.5 Å². The van der Waals surface area contributed by atoms with E-state index in [0.717, 1.165) is 12.8 Å². The van der Waals surface area contributed by atoms with Gasteiger partial charge in [-0.25, -0.2) is 0 Å². The SMILES string of the molecule is COc1ccc(Cl)cc1C(=O)C(OC)C1CC1. The van der Waals surface area contributed by atoms with Gasteiger partial charge in [-0.2, -0.15) is 0 Å². The molecule has 0 spiro atoms. The van der Waals surface area contributed by atoms with E-state index < -0.39 is 0 Å². The summed E-state index contributed by atoms with van der Waals surface area (Å²) in [5, 5.41) is 0.528. The van der Waals surface area contributed by atoms with Crippen molar-refractivity contribution in [1.82, 2.24) is 0 Å². The van der Waals surface area contributed by atoms with E-state index in [1.807, 2.05) is 0 Å². The van der Waals surface area contributed by atoms with Gasteiger partial charge in [0.1, 0.15) is 11.9 Å². The van der Waals surface area contributed by atoms with Gasteiger partial charge in [-0.15, -0.1) is 0 Å². The highest BCUT2D eigenvalue weighted by atomic mass is 35.5. The van der Waals surface area contributed by atoms with E-state index in [-0.39, 0.29) is 11.9 Å². The van der Waals surface area contributed by atoms with E-state index in [0.29, 0.717) is 22.3 Å². The van der Waals surface area contributed by atoms with Gasteiger partial charge in [-0.1, -0.05) is 11.6 Å². The summed E-state index contributed by atoms with van der Waals surface area (Å²) in [6, 6.07) is 5.04. The average Bonchev–Trinajstić information content (AvgIpc) is 3.14. The van der Waals surface area contributed by atoms with Crippen molar-refractivity contribution in [2.75, 3.05) is 14.2 Å². The molecule has 17 heavy (non-hydrogen) atoms. The summed E-state index contributed by atoms with van der Waals surface area (Å²) in [6.07, 6.45) is 1.72. The fraction of sp³-hybridized carbons (Fsp3) is 0.462. The second-order valence-electron chi connectivity index (χ2n) is 4.20. The zero-order valence-electron chi connectivity index (χ0n) is 9.90. The molecular weight excluding hydrogens is 240 g/mol. The Morgan fingerprint density at radius 1 is 1.41 bits per heavy atom. The van der Waals surface area contributed by atoms with Crippen molar-refractivity contribution in [2.45, 2.75) is 18.9 Å². The molecule has 0 saturated heterocycles. The number of benzene rings is 1. The van der Waals surface area contributed by atoms with Crippen LogP contribution in [0.25, 0.3) is 0 Å². The number of Topliss-reactive ketones (excluding diaryl/α,β-unsaturated/α-hetero) is 1. The van der Waals surface area contributed by atoms with Crippen LogP contribution in [-0.4, -0.2) is 26.1 Å². The maximum Gasteiger partial charge on any atom is 0.195 e. The predicted molar refractivity (Wildman–Crippen MR) is 65.9 cm³/mol. The zero-order valence-corrected chi connectivity index (χ0v) is 10.7. The van der Waals surface area contributed by atoms with Gasteiger partial charge in [0.05, 0.1) is 12.7 Å². The van der Waals surface area contributed by atoms with Crippen molar-refractivity contribution in [1.29, 1.82) is 0 Å². The number of carbonyl (C=O) groups is 1. The average molecular weight is 255 g/mol. The van der Waals surface area contributed by atoms with Gasteiger partial charge in [0, 0.05) is 12.1 Å². The number of rotatable bonds is 5. The first-order valence-corrected chi connectivity index (χ1v) is 5.95. The molecule has 0 radical (unpaired) electrons. The Morgan fingerprint density at radius 3 is 2.65 bits per heavy atom. The van der Waals surface area contributed by atoms with Gasteiger partial charge in [-0.3, -0.25) is 4.79 Å².